The van der Waals surface area contributed by atoms with Gasteiger partial charge >= 0.3 is 12.1 Å². The van der Waals surface area contributed by atoms with E-state index in [9.17, 15) is 31.1 Å². The molecule has 1 aliphatic rings. The van der Waals surface area contributed by atoms with Gasteiger partial charge in [-0.15, -0.1) is 0 Å². The minimum atomic E-state index is -5.79. The molecule has 0 saturated carbocycles. The fourth-order valence-corrected chi connectivity index (χ4v) is 4.41. The van der Waals surface area contributed by atoms with Crippen LogP contribution in [-0.4, -0.2) is 18.5 Å². The largest absolute Gasteiger partial charge is 0.433 e. The lowest BCUT2D eigenvalue weighted by atomic mass is 9.67. The monoisotopic (exact) mass is 511 g/mol. The Bertz CT molecular complexity index is 1180. The van der Waals surface area contributed by atoms with Gasteiger partial charge in [0, 0.05) is 29.9 Å². The van der Waals surface area contributed by atoms with Crippen LogP contribution < -0.4 is 16.2 Å². The highest BCUT2D eigenvalue weighted by molar-refractivity contribution is 6.68. The first-order valence-corrected chi connectivity index (χ1v) is 10.1. The highest BCUT2D eigenvalue weighted by Gasteiger charge is 2.80. The van der Waals surface area contributed by atoms with E-state index in [0.717, 1.165) is 13.0 Å². The van der Waals surface area contributed by atoms with Crippen molar-refractivity contribution in [3.05, 3.63) is 68.9 Å². The van der Waals surface area contributed by atoms with Gasteiger partial charge in [-0.3, -0.25) is 9.80 Å². The molecule has 0 aliphatic heterocycles. The van der Waals surface area contributed by atoms with Crippen molar-refractivity contribution in [1.82, 2.24) is 5.43 Å². The molecular formula is C21H17Cl2F6N3O. The number of nitrogens with zero attached hydrogens (tertiary/aromatic N) is 1. The summed E-state index contributed by atoms with van der Waals surface area (Å²) >= 11 is 11.4. The van der Waals surface area contributed by atoms with Crippen molar-refractivity contribution in [2.45, 2.75) is 31.6 Å². The first kappa shape index (κ1) is 25.2. The van der Waals surface area contributed by atoms with E-state index < -0.39 is 34.1 Å². The zero-order chi connectivity index (χ0) is 25.1. The molecule has 178 valence electrons. The standard InChI is InChI=1S/C21H17Cl2F6N3O/c1-9-6-13-17(20(25,26)19(13,24)21(27,28)29)10(2)16(9)15(30)8-32(31-3)11-4-5-14(22)12(7-11)18(23)33/h4-8,31H,30H2,1-3H3/b15-8-. The van der Waals surface area contributed by atoms with Gasteiger partial charge in [0.15, 0.2) is 0 Å². The van der Waals surface area contributed by atoms with Crippen LogP contribution >= 0.6 is 23.2 Å². The first-order valence-electron chi connectivity index (χ1n) is 9.31. The van der Waals surface area contributed by atoms with Crippen molar-refractivity contribution in [2.75, 3.05) is 12.1 Å². The Kier molecular flexibility index (Phi) is 6.19. The summed E-state index contributed by atoms with van der Waals surface area (Å²) in [5.41, 5.74) is 2.01. The highest BCUT2D eigenvalue weighted by atomic mass is 35.5. The van der Waals surface area contributed by atoms with E-state index in [2.05, 4.69) is 5.43 Å². The second-order valence-electron chi connectivity index (χ2n) is 7.46. The van der Waals surface area contributed by atoms with Crippen LogP contribution in [0.5, 0.6) is 0 Å². The predicted octanol–water partition coefficient (Wildman–Crippen LogP) is 6.07. The third kappa shape index (κ3) is 3.64. The molecule has 0 fully saturated rings. The van der Waals surface area contributed by atoms with Crippen LogP contribution in [0, 0.1) is 13.8 Å². The summed E-state index contributed by atoms with van der Waals surface area (Å²) in [4.78, 5) is 11.5. The number of alkyl halides is 6. The Balaban J connectivity index is 2.12. The second-order valence-corrected chi connectivity index (χ2v) is 8.21. The van der Waals surface area contributed by atoms with E-state index in [1.807, 2.05) is 0 Å². The summed E-state index contributed by atoms with van der Waals surface area (Å²) in [6.45, 7) is 2.49. The van der Waals surface area contributed by atoms with Crippen LogP contribution in [0.25, 0.3) is 5.70 Å². The van der Waals surface area contributed by atoms with Gasteiger partial charge < -0.3 is 5.73 Å². The number of fused-ring (bicyclic) bond motifs is 1. The molecule has 0 radical (unpaired) electrons. The van der Waals surface area contributed by atoms with Crippen molar-refractivity contribution >= 4 is 39.8 Å². The fourth-order valence-electron chi connectivity index (χ4n) is 4.00. The van der Waals surface area contributed by atoms with E-state index in [1.165, 1.54) is 43.4 Å². The molecule has 1 unspecified atom stereocenters. The normalized spacial score (nSPS) is 19.7. The summed E-state index contributed by atoms with van der Waals surface area (Å²) in [6, 6.07) is 5.00. The van der Waals surface area contributed by atoms with Gasteiger partial charge in [0.25, 0.3) is 10.9 Å². The average molecular weight is 512 g/mol. The molecule has 4 nitrogen and oxygen atoms in total. The van der Waals surface area contributed by atoms with Crippen molar-refractivity contribution in [3.63, 3.8) is 0 Å². The Hall–Kier alpha value is -2.43. The van der Waals surface area contributed by atoms with Gasteiger partial charge in [0.1, 0.15) is 0 Å². The Morgan fingerprint density at radius 1 is 1.18 bits per heavy atom. The predicted molar refractivity (Wildman–Crippen MR) is 114 cm³/mol. The number of aryl methyl sites for hydroxylation is 1. The number of hydrogen-bond donors (Lipinski definition) is 2. The number of benzene rings is 2. The quantitative estimate of drug-likeness (QED) is 0.290. The van der Waals surface area contributed by atoms with E-state index in [4.69, 9.17) is 28.9 Å². The Morgan fingerprint density at radius 2 is 1.79 bits per heavy atom. The number of anilines is 1. The average Bonchev–Trinajstić information content (AvgIpc) is 2.70. The number of carbonyl (C=O) groups is 1. The summed E-state index contributed by atoms with van der Waals surface area (Å²) in [5.74, 6) is -4.78. The van der Waals surface area contributed by atoms with Gasteiger partial charge in [-0.05, 0) is 54.8 Å². The smallest absolute Gasteiger partial charge is 0.397 e. The molecule has 33 heavy (non-hydrogen) atoms. The summed E-state index contributed by atoms with van der Waals surface area (Å²) in [5, 5.41) is 0.605. The molecule has 1 atom stereocenters. The van der Waals surface area contributed by atoms with Crippen molar-refractivity contribution < 1.29 is 31.1 Å². The molecule has 3 N–H and O–H groups in total. The second kappa shape index (κ2) is 8.11. The van der Waals surface area contributed by atoms with E-state index in [1.54, 1.807) is 0 Å². The van der Waals surface area contributed by atoms with E-state index in [0.29, 0.717) is 5.69 Å². The molecule has 12 heteroatoms. The molecule has 2 aromatic rings. The zero-order valence-corrected chi connectivity index (χ0v) is 18.9. The van der Waals surface area contributed by atoms with Crippen LogP contribution in [0.2, 0.25) is 5.02 Å². The molecule has 2 aromatic carbocycles. The highest BCUT2D eigenvalue weighted by Crippen LogP contribution is 2.67. The van der Waals surface area contributed by atoms with E-state index >= 15 is 0 Å². The van der Waals surface area contributed by atoms with E-state index in [-0.39, 0.29) is 33.0 Å². The third-order valence-corrected chi connectivity index (χ3v) is 6.05. The van der Waals surface area contributed by atoms with Crippen molar-refractivity contribution in [2.24, 2.45) is 5.73 Å². The number of rotatable bonds is 5. The Labute approximate surface area is 194 Å². The molecule has 1 aliphatic carbocycles. The van der Waals surface area contributed by atoms with Gasteiger partial charge in [-0.25, -0.2) is 9.82 Å². The van der Waals surface area contributed by atoms with Crippen molar-refractivity contribution in [3.8, 4) is 0 Å². The van der Waals surface area contributed by atoms with Crippen LogP contribution in [0.4, 0.5) is 32.0 Å². The lowest BCUT2D eigenvalue weighted by molar-refractivity contribution is -0.333. The van der Waals surface area contributed by atoms with Crippen LogP contribution in [0.3, 0.4) is 0 Å². The third-order valence-electron chi connectivity index (χ3n) is 5.52. The molecule has 3 rings (SSSR count). The maximum Gasteiger partial charge on any atom is 0.433 e. The summed E-state index contributed by atoms with van der Waals surface area (Å²) < 4.78 is 82.8. The molecule has 0 saturated heterocycles. The number of carbonyl (C=O) groups excluding carboxylic acids is 1. The van der Waals surface area contributed by atoms with Gasteiger partial charge in [-0.1, -0.05) is 17.7 Å². The maximum absolute atomic E-state index is 14.5. The zero-order valence-electron chi connectivity index (χ0n) is 17.3. The molecule has 0 bridgehead atoms. The van der Waals surface area contributed by atoms with Crippen LogP contribution in [0.1, 0.15) is 38.2 Å². The lowest BCUT2D eigenvalue weighted by Crippen LogP contribution is -2.59. The number of nitrogens with two attached hydrogens (primary N) is 1. The minimum absolute atomic E-state index is 0.00235. The topological polar surface area (TPSA) is 58.4 Å². The first-order chi connectivity index (χ1) is 15.1. The molecule has 0 heterocycles. The fraction of sp³-hybridized carbons (Fsp3) is 0.286. The number of nitrogens with one attached hydrogen (secondary N) is 1. The van der Waals surface area contributed by atoms with Gasteiger partial charge in [0.2, 0.25) is 0 Å². The number of hydrogen-bond acceptors (Lipinski definition) is 4. The van der Waals surface area contributed by atoms with Crippen LogP contribution in [-0.2, 0) is 11.6 Å². The molecular weight excluding hydrogens is 495 g/mol. The summed E-state index contributed by atoms with van der Waals surface area (Å²) in [7, 11) is 1.49. The molecule has 0 spiro atoms. The number of hydrazine groups is 1. The van der Waals surface area contributed by atoms with Gasteiger partial charge in [0.05, 0.1) is 22.0 Å². The molecule has 0 amide bonds. The summed E-state index contributed by atoms with van der Waals surface area (Å²) in [6.07, 6.45) is -4.52. The lowest BCUT2D eigenvalue weighted by Gasteiger charge is -2.46. The maximum atomic E-state index is 14.5. The SMILES string of the molecule is CNN(/C=C(\N)c1c(C)cc2c(c1C)C(F)(F)C2(F)C(F)(F)F)c1ccc(Cl)c(C(=O)Cl)c1. The molecule has 0 aromatic heterocycles. The number of halogens is 8. The Morgan fingerprint density at radius 3 is 2.30 bits per heavy atom. The van der Waals surface area contributed by atoms with Crippen molar-refractivity contribution in [1.29, 1.82) is 0 Å². The van der Waals surface area contributed by atoms with Gasteiger partial charge in [-0.2, -0.15) is 22.0 Å². The van der Waals surface area contributed by atoms with Crippen LogP contribution in [0.15, 0.2) is 30.5 Å². The minimum Gasteiger partial charge on any atom is -0.397 e.